The number of benzene rings is 2. The molecule has 0 saturated carbocycles. The zero-order valence-corrected chi connectivity index (χ0v) is 21.7. The lowest BCUT2D eigenvalue weighted by atomic mass is 9.93. The highest BCUT2D eigenvalue weighted by Gasteiger charge is 2.28. The van der Waals surface area contributed by atoms with Crippen LogP contribution in [-0.4, -0.2) is 46.9 Å². The highest BCUT2D eigenvalue weighted by Crippen LogP contribution is 2.29. The Balaban J connectivity index is 1.03. The fraction of sp³-hybridized carbons (Fsp3) is 0.423. The third kappa shape index (κ3) is 6.40. The standard InChI is InChI=1S/C26H28Cl2N4O5/c27-23-6-5-21(15-24(23)28)35-14-10-18-7-11-30(12-8-18)19-1-3-20(4-2-19)36-17-22-9-13-31-16-25(32(33)34)29-26(31)37-22/h1-6,15-16,18,22H,7-14,17H2. The summed E-state index contributed by atoms with van der Waals surface area (Å²) in [7, 11) is 0. The van der Waals surface area contributed by atoms with Crippen LogP contribution in [0.3, 0.4) is 0 Å². The second-order valence-electron chi connectivity index (χ2n) is 9.31. The van der Waals surface area contributed by atoms with Crippen LogP contribution < -0.4 is 19.1 Å². The van der Waals surface area contributed by atoms with E-state index in [1.807, 2.05) is 18.2 Å². The molecule has 1 aromatic heterocycles. The lowest BCUT2D eigenvalue weighted by Crippen LogP contribution is -2.34. The van der Waals surface area contributed by atoms with E-state index in [0.717, 1.165) is 43.9 Å². The van der Waals surface area contributed by atoms with Crippen LogP contribution in [0, 0.1) is 16.0 Å². The largest absolute Gasteiger partial charge is 0.494 e. The van der Waals surface area contributed by atoms with Gasteiger partial charge in [0, 0.05) is 42.8 Å². The third-order valence-corrected chi connectivity index (χ3v) is 7.56. The number of nitrogens with zero attached hydrogens (tertiary/aromatic N) is 4. The summed E-state index contributed by atoms with van der Waals surface area (Å²) >= 11 is 12.0. The molecule has 3 aromatic rings. The van der Waals surface area contributed by atoms with Gasteiger partial charge in [-0.15, -0.1) is 0 Å². The number of imidazole rings is 1. The Labute approximate surface area is 225 Å². The van der Waals surface area contributed by atoms with Gasteiger partial charge in [-0.2, -0.15) is 0 Å². The molecule has 1 fully saturated rings. The van der Waals surface area contributed by atoms with Gasteiger partial charge in [0.1, 0.15) is 30.4 Å². The van der Waals surface area contributed by atoms with Gasteiger partial charge >= 0.3 is 11.8 Å². The second-order valence-corrected chi connectivity index (χ2v) is 10.1. The maximum absolute atomic E-state index is 10.9. The van der Waals surface area contributed by atoms with Gasteiger partial charge in [-0.1, -0.05) is 23.2 Å². The highest BCUT2D eigenvalue weighted by molar-refractivity contribution is 6.42. The van der Waals surface area contributed by atoms with E-state index in [4.69, 9.17) is 37.4 Å². The van der Waals surface area contributed by atoms with Gasteiger partial charge in [0.15, 0.2) is 0 Å². The van der Waals surface area contributed by atoms with Crippen molar-refractivity contribution in [2.75, 3.05) is 31.2 Å². The topological polar surface area (TPSA) is 91.9 Å². The van der Waals surface area contributed by atoms with Crippen molar-refractivity contribution in [2.45, 2.75) is 38.3 Å². The van der Waals surface area contributed by atoms with Crippen molar-refractivity contribution >= 4 is 34.7 Å². The Morgan fingerprint density at radius 1 is 1.00 bits per heavy atom. The minimum Gasteiger partial charge on any atom is -0.494 e. The summed E-state index contributed by atoms with van der Waals surface area (Å²) in [6.45, 7) is 3.65. The predicted molar refractivity (Wildman–Crippen MR) is 141 cm³/mol. The molecule has 2 aliphatic rings. The molecule has 3 heterocycles. The molecule has 2 aromatic carbocycles. The maximum Gasteiger partial charge on any atom is 0.414 e. The lowest BCUT2D eigenvalue weighted by Gasteiger charge is -2.33. The Bertz CT molecular complexity index is 1230. The van der Waals surface area contributed by atoms with Gasteiger partial charge < -0.3 is 29.2 Å². The number of hydrogen-bond acceptors (Lipinski definition) is 7. The van der Waals surface area contributed by atoms with E-state index >= 15 is 0 Å². The molecule has 0 spiro atoms. The van der Waals surface area contributed by atoms with E-state index in [9.17, 15) is 10.1 Å². The van der Waals surface area contributed by atoms with Crippen molar-refractivity contribution < 1.29 is 19.1 Å². The van der Waals surface area contributed by atoms with Gasteiger partial charge in [-0.25, -0.2) is 0 Å². The molecule has 9 nitrogen and oxygen atoms in total. The quantitative estimate of drug-likeness (QED) is 0.239. The highest BCUT2D eigenvalue weighted by atomic mass is 35.5. The van der Waals surface area contributed by atoms with Crippen molar-refractivity contribution in [1.29, 1.82) is 0 Å². The van der Waals surface area contributed by atoms with Crippen LogP contribution in [0.4, 0.5) is 11.5 Å². The van der Waals surface area contributed by atoms with Crippen molar-refractivity contribution in [1.82, 2.24) is 9.55 Å². The number of hydrogen-bond donors (Lipinski definition) is 0. The van der Waals surface area contributed by atoms with Crippen molar-refractivity contribution in [2.24, 2.45) is 5.92 Å². The molecular formula is C26H28Cl2N4O5. The number of nitro groups is 1. The number of ether oxygens (including phenoxy) is 3. The predicted octanol–water partition coefficient (Wildman–Crippen LogP) is 6.01. The zero-order chi connectivity index (χ0) is 25.8. The summed E-state index contributed by atoms with van der Waals surface area (Å²) < 4.78 is 19.2. The lowest BCUT2D eigenvalue weighted by molar-refractivity contribution is -0.389. The molecule has 11 heteroatoms. The van der Waals surface area contributed by atoms with Crippen molar-refractivity contribution in [3.63, 3.8) is 0 Å². The molecule has 1 atom stereocenters. The van der Waals surface area contributed by atoms with Crippen LogP contribution in [0.5, 0.6) is 17.5 Å². The molecule has 0 radical (unpaired) electrons. The first kappa shape index (κ1) is 25.5. The average Bonchev–Trinajstić information content (AvgIpc) is 3.34. The molecule has 1 unspecified atom stereocenters. The number of anilines is 1. The van der Waals surface area contributed by atoms with Gasteiger partial charge in [0.05, 0.1) is 16.7 Å². The minimum absolute atomic E-state index is 0.200. The van der Waals surface area contributed by atoms with Gasteiger partial charge in [-0.3, -0.25) is 4.57 Å². The van der Waals surface area contributed by atoms with Crippen LogP contribution >= 0.6 is 23.2 Å². The van der Waals surface area contributed by atoms with E-state index in [1.165, 1.54) is 11.9 Å². The Morgan fingerprint density at radius 2 is 1.76 bits per heavy atom. The van der Waals surface area contributed by atoms with Crippen LogP contribution in [0.25, 0.3) is 0 Å². The minimum atomic E-state index is -0.516. The average molecular weight is 547 g/mol. The van der Waals surface area contributed by atoms with Crippen molar-refractivity contribution in [3.05, 3.63) is 68.8 Å². The Morgan fingerprint density at radius 3 is 2.49 bits per heavy atom. The van der Waals surface area contributed by atoms with E-state index in [1.54, 1.807) is 16.7 Å². The number of aryl methyl sites for hydroxylation is 1. The molecule has 1 saturated heterocycles. The molecule has 0 amide bonds. The Hall–Kier alpha value is -3.17. The normalized spacial score (nSPS) is 17.7. The SMILES string of the molecule is O=[N+]([O-])c1cn2c(n1)OC(COc1ccc(N3CCC(CCOc4ccc(Cl)c(Cl)c4)CC3)cc1)CC2. The number of halogens is 2. The van der Waals surface area contributed by atoms with Crippen LogP contribution in [0.1, 0.15) is 25.7 Å². The van der Waals surface area contributed by atoms with E-state index in [2.05, 4.69) is 22.0 Å². The summed E-state index contributed by atoms with van der Waals surface area (Å²) in [5.74, 6) is 1.95. The van der Waals surface area contributed by atoms with Crippen molar-refractivity contribution in [3.8, 4) is 17.5 Å². The van der Waals surface area contributed by atoms with Gasteiger partial charge in [0.25, 0.3) is 0 Å². The summed E-state index contributed by atoms with van der Waals surface area (Å²) in [4.78, 5) is 16.7. The van der Waals surface area contributed by atoms with Crippen LogP contribution in [0.2, 0.25) is 10.0 Å². The van der Waals surface area contributed by atoms with E-state index < -0.39 is 4.92 Å². The molecule has 0 aliphatic carbocycles. The molecule has 37 heavy (non-hydrogen) atoms. The first-order chi connectivity index (χ1) is 17.9. The molecular weight excluding hydrogens is 519 g/mol. The third-order valence-electron chi connectivity index (χ3n) is 6.82. The fourth-order valence-corrected chi connectivity index (χ4v) is 4.96. The number of rotatable bonds is 9. The molecule has 196 valence electrons. The number of fused-ring (bicyclic) bond motifs is 1. The number of aromatic nitrogens is 2. The Kier molecular flexibility index (Phi) is 7.90. The zero-order valence-electron chi connectivity index (χ0n) is 20.2. The van der Waals surface area contributed by atoms with E-state index in [0.29, 0.717) is 42.1 Å². The maximum atomic E-state index is 10.9. The van der Waals surface area contributed by atoms with Crippen LogP contribution in [0.15, 0.2) is 48.7 Å². The molecule has 2 aliphatic heterocycles. The summed E-state index contributed by atoms with van der Waals surface area (Å²) in [5, 5.41) is 11.9. The summed E-state index contributed by atoms with van der Waals surface area (Å²) in [6.07, 6.45) is 5.16. The summed E-state index contributed by atoms with van der Waals surface area (Å²) in [6, 6.07) is 13.7. The molecule has 0 N–H and O–H groups in total. The first-order valence-electron chi connectivity index (χ1n) is 12.4. The first-order valence-corrected chi connectivity index (χ1v) is 13.1. The van der Waals surface area contributed by atoms with Gasteiger partial charge in [0.2, 0.25) is 0 Å². The van der Waals surface area contributed by atoms with E-state index in [-0.39, 0.29) is 17.9 Å². The smallest absolute Gasteiger partial charge is 0.414 e. The number of piperidine rings is 1. The van der Waals surface area contributed by atoms with Gasteiger partial charge in [-0.05, 0) is 66.5 Å². The molecule has 5 rings (SSSR count). The second kappa shape index (κ2) is 11.5. The fourth-order valence-electron chi connectivity index (χ4n) is 4.67. The summed E-state index contributed by atoms with van der Waals surface area (Å²) in [5.41, 5.74) is 1.18. The monoisotopic (exact) mass is 546 g/mol. The molecule has 0 bridgehead atoms. The van der Waals surface area contributed by atoms with Crippen LogP contribution in [-0.2, 0) is 6.54 Å².